The van der Waals surface area contributed by atoms with E-state index >= 15 is 0 Å². The number of benzene rings is 1. The fourth-order valence-corrected chi connectivity index (χ4v) is 4.45. The van der Waals surface area contributed by atoms with Gasteiger partial charge >= 0.3 is 0 Å². The van der Waals surface area contributed by atoms with E-state index in [2.05, 4.69) is 0 Å². The molecule has 22 heavy (non-hydrogen) atoms. The van der Waals surface area contributed by atoms with Gasteiger partial charge in [-0.05, 0) is 31.0 Å². The largest absolute Gasteiger partial charge is 0.298 e. The Morgan fingerprint density at radius 1 is 1.18 bits per heavy atom. The van der Waals surface area contributed by atoms with Crippen molar-refractivity contribution in [1.29, 1.82) is 0 Å². The van der Waals surface area contributed by atoms with Crippen LogP contribution < -0.4 is 0 Å². The SMILES string of the molecule is Cc1c(C(=O)C2C(=O)CCCC2=O)ccc(Cl)c1S(C)(=O)=O. The van der Waals surface area contributed by atoms with E-state index in [-0.39, 0.29) is 33.9 Å². The van der Waals surface area contributed by atoms with Crippen LogP contribution >= 0.6 is 11.6 Å². The highest BCUT2D eigenvalue weighted by atomic mass is 35.5. The van der Waals surface area contributed by atoms with Gasteiger partial charge in [0, 0.05) is 24.7 Å². The van der Waals surface area contributed by atoms with Gasteiger partial charge in [0.05, 0.1) is 9.92 Å². The van der Waals surface area contributed by atoms with Crippen LogP contribution in [0.3, 0.4) is 0 Å². The van der Waals surface area contributed by atoms with Gasteiger partial charge < -0.3 is 0 Å². The average molecular weight is 343 g/mol. The van der Waals surface area contributed by atoms with Crippen molar-refractivity contribution in [3.05, 3.63) is 28.3 Å². The lowest BCUT2D eigenvalue weighted by Gasteiger charge is -2.20. The Balaban J connectivity index is 2.56. The zero-order chi connectivity index (χ0) is 16.7. The highest BCUT2D eigenvalue weighted by Gasteiger charge is 2.37. The Morgan fingerprint density at radius 2 is 1.73 bits per heavy atom. The third kappa shape index (κ3) is 2.98. The minimum atomic E-state index is -3.63. The van der Waals surface area contributed by atoms with Crippen molar-refractivity contribution >= 4 is 38.8 Å². The third-order valence-corrected chi connectivity index (χ3v) is 5.44. The molecule has 0 atom stereocenters. The third-order valence-electron chi connectivity index (χ3n) is 3.75. The molecule has 5 nitrogen and oxygen atoms in total. The number of hydrogen-bond donors (Lipinski definition) is 0. The molecule has 7 heteroatoms. The minimum Gasteiger partial charge on any atom is -0.298 e. The Labute approximate surface area is 133 Å². The molecule has 118 valence electrons. The van der Waals surface area contributed by atoms with Gasteiger partial charge in [-0.1, -0.05) is 11.6 Å². The summed E-state index contributed by atoms with van der Waals surface area (Å²) in [5.41, 5.74) is 0.226. The summed E-state index contributed by atoms with van der Waals surface area (Å²) in [6.07, 6.45) is 1.82. The highest BCUT2D eigenvalue weighted by molar-refractivity contribution is 7.90. The van der Waals surface area contributed by atoms with Crippen molar-refractivity contribution in [2.75, 3.05) is 6.26 Å². The van der Waals surface area contributed by atoms with Crippen molar-refractivity contribution in [3.63, 3.8) is 0 Å². The molecule has 1 saturated carbocycles. The Hall–Kier alpha value is -1.53. The molecular formula is C15H15ClO5S. The van der Waals surface area contributed by atoms with Gasteiger partial charge in [-0.15, -0.1) is 0 Å². The molecule has 1 aromatic rings. The predicted octanol–water partition coefficient (Wildman–Crippen LogP) is 2.17. The van der Waals surface area contributed by atoms with Crippen LogP contribution in [0, 0.1) is 12.8 Å². The number of ketones is 3. The molecule has 1 fully saturated rings. The van der Waals surface area contributed by atoms with Crippen molar-refractivity contribution in [3.8, 4) is 0 Å². The molecule has 0 saturated heterocycles. The van der Waals surface area contributed by atoms with E-state index in [4.69, 9.17) is 11.6 Å². The smallest absolute Gasteiger partial charge is 0.181 e. The molecular weight excluding hydrogens is 328 g/mol. The number of carbonyl (C=O) groups excluding carboxylic acids is 3. The molecule has 1 aliphatic rings. The number of halogens is 1. The average Bonchev–Trinajstić information content (AvgIpc) is 2.36. The first-order valence-corrected chi connectivity index (χ1v) is 9.00. The van der Waals surface area contributed by atoms with E-state index in [0.717, 1.165) is 6.26 Å². The van der Waals surface area contributed by atoms with E-state index < -0.39 is 33.1 Å². The summed E-state index contributed by atoms with van der Waals surface area (Å²) in [5.74, 6) is -2.78. The van der Waals surface area contributed by atoms with Crippen LogP contribution in [0.4, 0.5) is 0 Å². The van der Waals surface area contributed by atoms with E-state index in [0.29, 0.717) is 6.42 Å². The van der Waals surface area contributed by atoms with E-state index in [1.165, 1.54) is 19.1 Å². The van der Waals surface area contributed by atoms with Crippen molar-refractivity contribution in [2.45, 2.75) is 31.1 Å². The lowest BCUT2D eigenvalue weighted by Crippen LogP contribution is -2.35. The monoisotopic (exact) mass is 342 g/mol. The topological polar surface area (TPSA) is 85.3 Å². The summed E-state index contributed by atoms with van der Waals surface area (Å²) in [5, 5.41) is 0.0119. The van der Waals surface area contributed by atoms with Gasteiger partial charge in [-0.25, -0.2) is 8.42 Å². The van der Waals surface area contributed by atoms with Crippen molar-refractivity contribution < 1.29 is 22.8 Å². The maximum atomic E-state index is 12.6. The molecule has 0 heterocycles. The first-order chi connectivity index (χ1) is 10.1. The number of rotatable bonds is 3. The Morgan fingerprint density at radius 3 is 2.23 bits per heavy atom. The summed E-state index contributed by atoms with van der Waals surface area (Å²) in [6, 6.07) is 2.67. The molecule has 0 unspecified atom stereocenters. The van der Waals surface area contributed by atoms with Crippen LogP contribution in [-0.2, 0) is 19.4 Å². The maximum Gasteiger partial charge on any atom is 0.181 e. The second-order valence-corrected chi connectivity index (χ2v) is 7.76. The van der Waals surface area contributed by atoms with Crippen LogP contribution in [0.2, 0.25) is 5.02 Å². The van der Waals surface area contributed by atoms with E-state index in [1.54, 1.807) is 0 Å². The number of Topliss-reactive ketones (excluding diaryl/α,β-unsaturated/α-hetero) is 3. The Kier molecular flexibility index (Phi) is 4.54. The van der Waals surface area contributed by atoms with Crippen LogP contribution in [0.5, 0.6) is 0 Å². The van der Waals surface area contributed by atoms with Crippen molar-refractivity contribution in [2.24, 2.45) is 5.92 Å². The lowest BCUT2D eigenvalue weighted by atomic mass is 9.81. The standard InChI is InChI=1S/C15H15ClO5S/c1-8-9(6-7-10(16)15(8)22(2,20)21)14(19)13-11(17)4-3-5-12(13)18/h6-7,13H,3-5H2,1-2H3. The minimum absolute atomic E-state index is 0.0119. The Bertz CT molecular complexity index is 763. The zero-order valence-electron chi connectivity index (χ0n) is 12.2. The second-order valence-electron chi connectivity index (χ2n) is 5.40. The molecule has 0 N–H and O–H groups in total. The highest BCUT2D eigenvalue weighted by Crippen LogP contribution is 2.30. The molecule has 0 radical (unpaired) electrons. The van der Waals surface area contributed by atoms with Gasteiger partial charge in [-0.3, -0.25) is 14.4 Å². The van der Waals surface area contributed by atoms with Crippen LogP contribution in [0.1, 0.15) is 35.2 Å². The van der Waals surface area contributed by atoms with E-state index in [1.807, 2.05) is 0 Å². The second kappa shape index (κ2) is 5.93. The quantitative estimate of drug-likeness (QED) is 0.620. The summed E-state index contributed by atoms with van der Waals surface area (Å²) in [6.45, 7) is 1.45. The molecule has 0 amide bonds. The number of sulfone groups is 1. The predicted molar refractivity (Wildman–Crippen MR) is 81.0 cm³/mol. The first kappa shape index (κ1) is 16.8. The summed E-state index contributed by atoms with van der Waals surface area (Å²) in [7, 11) is -3.63. The van der Waals surface area contributed by atoms with E-state index in [9.17, 15) is 22.8 Å². The van der Waals surface area contributed by atoms with Gasteiger partial charge in [0.1, 0.15) is 5.92 Å². The maximum absolute atomic E-state index is 12.6. The molecule has 0 aliphatic heterocycles. The van der Waals surface area contributed by atoms with Gasteiger partial charge in [0.15, 0.2) is 27.2 Å². The molecule has 1 aromatic carbocycles. The number of hydrogen-bond acceptors (Lipinski definition) is 5. The molecule has 0 aromatic heterocycles. The van der Waals surface area contributed by atoms with Gasteiger partial charge in [0.25, 0.3) is 0 Å². The summed E-state index contributed by atoms with van der Waals surface area (Å²) >= 11 is 5.91. The molecule has 0 spiro atoms. The van der Waals surface area contributed by atoms with Crippen LogP contribution in [-0.4, -0.2) is 32.0 Å². The molecule has 2 rings (SSSR count). The van der Waals surface area contributed by atoms with Crippen LogP contribution in [0.25, 0.3) is 0 Å². The fraction of sp³-hybridized carbons (Fsp3) is 0.400. The normalized spacial score (nSPS) is 16.9. The van der Waals surface area contributed by atoms with Gasteiger partial charge in [0.2, 0.25) is 0 Å². The van der Waals surface area contributed by atoms with Crippen molar-refractivity contribution in [1.82, 2.24) is 0 Å². The van der Waals surface area contributed by atoms with Crippen LogP contribution in [0.15, 0.2) is 17.0 Å². The van der Waals surface area contributed by atoms with Gasteiger partial charge in [-0.2, -0.15) is 0 Å². The molecule has 0 bridgehead atoms. The summed E-state index contributed by atoms with van der Waals surface area (Å²) in [4.78, 5) is 36.2. The fourth-order valence-electron chi connectivity index (χ4n) is 2.73. The first-order valence-electron chi connectivity index (χ1n) is 6.73. The lowest BCUT2D eigenvalue weighted by molar-refractivity contribution is -0.133. The molecule has 1 aliphatic carbocycles. The number of carbonyl (C=O) groups is 3. The zero-order valence-corrected chi connectivity index (χ0v) is 13.8. The summed E-state index contributed by atoms with van der Waals surface area (Å²) < 4.78 is 23.6.